The van der Waals surface area contributed by atoms with Crippen LogP contribution < -0.4 is 0 Å². The van der Waals surface area contributed by atoms with Crippen molar-refractivity contribution >= 4 is 5.57 Å². The van der Waals surface area contributed by atoms with Gasteiger partial charge >= 0.3 is 0 Å². The first-order valence-electron chi connectivity index (χ1n) is 5.95. The van der Waals surface area contributed by atoms with Crippen LogP contribution in [-0.4, -0.2) is 0 Å². The molecule has 1 rings (SSSR count). The number of hydrogen-bond donors (Lipinski definition) is 0. The Bertz CT molecular complexity index is 499. The summed E-state index contributed by atoms with van der Waals surface area (Å²) in [6, 6.07) is 6.41. The first-order valence-corrected chi connectivity index (χ1v) is 5.95. The molecule has 0 aliphatic carbocycles. The van der Waals surface area contributed by atoms with E-state index in [0.717, 1.165) is 11.1 Å². The van der Waals surface area contributed by atoms with Gasteiger partial charge in [-0.15, -0.1) is 0 Å². The molecule has 0 unspecified atom stereocenters. The number of hydrogen-bond acceptors (Lipinski definition) is 0. The van der Waals surface area contributed by atoms with Gasteiger partial charge in [0.05, 0.1) is 0 Å². The van der Waals surface area contributed by atoms with Crippen molar-refractivity contribution in [1.82, 2.24) is 0 Å². The predicted molar refractivity (Wildman–Crippen MR) is 78.1 cm³/mol. The van der Waals surface area contributed by atoms with Crippen LogP contribution >= 0.6 is 0 Å². The van der Waals surface area contributed by atoms with Crippen molar-refractivity contribution in [2.45, 2.75) is 34.6 Å². The average molecular weight is 226 g/mol. The summed E-state index contributed by atoms with van der Waals surface area (Å²) >= 11 is 0. The van der Waals surface area contributed by atoms with Crippen LogP contribution in [0.15, 0.2) is 48.1 Å². The zero-order valence-electron chi connectivity index (χ0n) is 11.6. The largest absolute Gasteiger partial charge is 0.0958 e. The normalized spacial score (nSPS) is 12.1. The molecular formula is C17H22. The lowest BCUT2D eigenvalue weighted by atomic mass is 9.88. The molecule has 0 radical (unpaired) electrons. The fourth-order valence-corrected chi connectivity index (χ4v) is 1.99. The van der Waals surface area contributed by atoms with Gasteiger partial charge in [-0.3, -0.25) is 0 Å². The zero-order chi connectivity index (χ0) is 13.2. The van der Waals surface area contributed by atoms with Crippen LogP contribution in [0, 0.1) is 13.8 Å². The topological polar surface area (TPSA) is 0 Å². The van der Waals surface area contributed by atoms with Gasteiger partial charge < -0.3 is 0 Å². The van der Waals surface area contributed by atoms with Crippen LogP contribution in [0.5, 0.6) is 0 Å². The molecule has 0 heteroatoms. The molecule has 0 N–H and O–H groups in total. The fraction of sp³-hybridized carbons (Fsp3) is 0.294. The van der Waals surface area contributed by atoms with E-state index >= 15 is 0 Å². The van der Waals surface area contributed by atoms with Crippen molar-refractivity contribution in [3.63, 3.8) is 0 Å². The Labute approximate surface area is 105 Å². The van der Waals surface area contributed by atoms with Crippen LogP contribution in [0.3, 0.4) is 0 Å². The molecule has 0 aliphatic rings. The van der Waals surface area contributed by atoms with Crippen LogP contribution in [0.4, 0.5) is 0 Å². The molecule has 0 atom stereocenters. The molecule has 0 nitrogen and oxygen atoms in total. The zero-order valence-corrected chi connectivity index (χ0v) is 11.6. The second kappa shape index (κ2) is 5.18. The minimum Gasteiger partial charge on any atom is -0.0958 e. The number of benzene rings is 1. The van der Waals surface area contributed by atoms with Gasteiger partial charge in [0, 0.05) is 0 Å². The smallest absolute Gasteiger partial charge is 0.0126 e. The highest BCUT2D eigenvalue weighted by Gasteiger charge is 2.11. The minimum absolute atomic E-state index is 1.10. The Morgan fingerprint density at radius 1 is 0.941 bits per heavy atom. The first-order chi connectivity index (χ1) is 7.86. The van der Waals surface area contributed by atoms with Crippen molar-refractivity contribution in [2.24, 2.45) is 0 Å². The number of rotatable bonds is 3. The lowest BCUT2D eigenvalue weighted by Gasteiger charge is -2.16. The Hall–Kier alpha value is -1.56. The third kappa shape index (κ3) is 2.76. The maximum absolute atomic E-state index is 4.11. The Kier molecular flexibility index (Phi) is 4.11. The average Bonchev–Trinajstić information content (AvgIpc) is 2.23. The van der Waals surface area contributed by atoms with E-state index in [4.69, 9.17) is 0 Å². The van der Waals surface area contributed by atoms with E-state index in [0.29, 0.717) is 0 Å². The maximum atomic E-state index is 4.11. The van der Waals surface area contributed by atoms with Gasteiger partial charge in [-0.1, -0.05) is 42.5 Å². The lowest BCUT2D eigenvalue weighted by Crippen LogP contribution is -1.96. The second-order valence-electron chi connectivity index (χ2n) is 4.81. The molecule has 0 fully saturated rings. The van der Waals surface area contributed by atoms with Gasteiger partial charge in [0.25, 0.3) is 0 Å². The van der Waals surface area contributed by atoms with E-state index in [2.05, 4.69) is 59.1 Å². The Morgan fingerprint density at radius 2 is 1.53 bits per heavy atom. The predicted octanol–water partition coefficient (Wildman–Crippen LogP) is 5.23. The van der Waals surface area contributed by atoms with Gasteiger partial charge in [-0.2, -0.15) is 0 Å². The van der Waals surface area contributed by atoms with E-state index in [1.165, 1.54) is 27.8 Å². The van der Waals surface area contributed by atoms with Crippen molar-refractivity contribution < 1.29 is 0 Å². The summed E-state index contributed by atoms with van der Waals surface area (Å²) in [5, 5.41) is 0. The van der Waals surface area contributed by atoms with Crippen molar-refractivity contribution in [1.29, 1.82) is 0 Å². The molecule has 90 valence electrons. The van der Waals surface area contributed by atoms with E-state index in [1.54, 1.807) is 0 Å². The number of aryl methyl sites for hydroxylation is 1. The van der Waals surface area contributed by atoms with Crippen LogP contribution in [0.2, 0.25) is 0 Å². The molecule has 17 heavy (non-hydrogen) atoms. The summed E-state index contributed by atoms with van der Waals surface area (Å²) in [5.41, 5.74) is 8.58. The van der Waals surface area contributed by atoms with Crippen molar-refractivity contribution in [3.8, 4) is 0 Å². The molecule has 1 aromatic rings. The lowest BCUT2D eigenvalue weighted by molar-refractivity contribution is 1.28. The third-order valence-corrected chi connectivity index (χ3v) is 3.32. The van der Waals surface area contributed by atoms with E-state index < -0.39 is 0 Å². The molecule has 0 saturated carbocycles. The Balaban J connectivity index is 3.56. The van der Waals surface area contributed by atoms with E-state index in [1.807, 2.05) is 6.92 Å². The summed E-state index contributed by atoms with van der Waals surface area (Å²) in [6.45, 7) is 18.7. The van der Waals surface area contributed by atoms with Crippen molar-refractivity contribution in [2.75, 3.05) is 0 Å². The highest BCUT2D eigenvalue weighted by Crippen LogP contribution is 2.31. The highest BCUT2D eigenvalue weighted by atomic mass is 14.2. The first kappa shape index (κ1) is 13.5. The van der Waals surface area contributed by atoms with Gasteiger partial charge in [-0.05, 0) is 62.5 Å². The van der Waals surface area contributed by atoms with E-state index in [-0.39, 0.29) is 0 Å². The summed E-state index contributed by atoms with van der Waals surface area (Å²) < 4.78 is 0. The standard InChI is InChI=1S/C17H22/c1-11(2)14(6)17(12(3)4)16-10-8-9-13(5)15(16)7/h8-10H,1,3H2,2,4-7H3/b17-14-. The summed E-state index contributed by atoms with van der Waals surface area (Å²) in [4.78, 5) is 0. The van der Waals surface area contributed by atoms with Gasteiger partial charge in [-0.25, -0.2) is 0 Å². The molecule has 0 spiro atoms. The quantitative estimate of drug-likeness (QED) is 0.619. The van der Waals surface area contributed by atoms with Gasteiger partial charge in [0.2, 0.25) is 0 Å². The second-order valence-corrected chi connectivity index (χ2v) is 4.81. The van der Waals surface area contributed by atoms with Crippen LogP contribution in [0.25, 0.3) is 5.57 Å². The molecule has 0 bridgehead atoms. The van der Waals surface area contributed by atoms with Gasteiger partial charge in [0.1, 0.15) is 0 Å². The molecular weight excluding hydrogens is 204 g/mol. The molecule has 1 aromatic carbocycles. The fourth-order valence-electron chi connectivity index (χ4n) is 1.99. The summed E-state index contributed by atoms with van der Waals surface area (Å²) in [5.74, 6) is 0. The third-order valence-electron chi connectivity index (χ3n) is 3.32. The highest BCUT2D eigenvalue weighted by molar-refractivity contribution is 5.84. The minimum atomic E-state index is 1.10. The maximum Gasteiger partial charge on any atom is -0.0126 e. The molecule has 0 heterocycles. The molecule has 0 saturated heterocycles. The monoisotopic (exact) mass is 226 g/mol. The summed E-state index contributed by atoms with van der Waals surface area (Å²) in [7, 11) is 0. The molecule has 0 amide bonds. The summed E-state index contributed by atoms with van der Waals surface area (Å²) in [6.07, 6.45) is 0. The number of allylic oxidation sites excluding steroid dienone is 4. The SMILES string of the molecule is C=C(C)/C(C)=C(/C(=C)C)c1cccc(C)c1C. The van der Waals surface area contributed by atoms with Gasteiger partial charge in [0.15, 0.2) is 0 Å². The van der Waals surface area contributed by atoms with E-state index in [9.17, 15) is 0 Å². The molecule has 0 aliphatic heterocycles. The van der Waals surface area contributed by atoms with Crippen molar-refractivity contribution in [3.05, 3.63) is 64.8 Å². The molecule has 0 aromatic heterocycles. The Morgan fingerprint density at radius 3 is 2.00 bits per heavy atom. The van der Waals surface area contributed by atoms with Crippen LogP contribution in [0.1, 0.15) is 37.5 Å². The van der Waals surface area contributed by atoms with Crippen LogP contribution in [-0.2, 0) is 0 Å².